The molecule has 1 unspecified atom stereocenters. The summed E-state index contributed by atoms with van der Waals surface area (Å²) < 4.78 is 48.9. The molecule has 1 amide bonds. The molecule has 0 aromatic heterocycles. The van der Waals surface area contributed by atoms with Crippen LogP contribution in [0.2, 0.25) is 0 Å². The van der Waals surface area contributed by atoms with Gasteiger partial charge in [0, 0.05) is 30.7 Å². The molecule has 0 bridgehead atoms. The maximum Gasteiger partial charge on any atom is 0.265 e. The molecule has 2 fully saturated rings. The minimum Gasteiger partial charge on any atom is -0.491 e. The lowest BCUT2D eigenvalue weighted by Gasteiger charge is -2.35. The number of hydrogen-bond acceptors (Lipinski definition) is 8. The quantitative estimate of drug-likeness (QED) is 0.157. The Hall–Kier alpha value is -1.77. The number of sulfone groups is 1. The molecule has 2 saturated heterocycles. The fourth-order valence-corrected chi connectivity index (χ4v) is 6.75. The van der Waals surface area contributed by atoms with E-state index in [4.69, 9.17) is 23.8 Å². The number of hydrogen-bond donors (Lipinski definition) is 1. The van der Waals surface area contributed by atoms with Gasteiger partial charge in [-0.25, -0.2) is 18.7 Å². The van der Waals surface area contributed by atoms with E-state index in [-0.39, 0.29) is 31.0 Å². The zero-order valence-corrected chi connectivity index (χ0v) is 24.2. The van der Waals surface area contributed by atoms with E-state index >= 15 is 0 Å². The van der Waals surface area contributed by atoms with Crippen molar-refractivity contribution >= 4 is 38.3 Å². The number of halogens is 1. The van der Waals surface area contributed by atoms with Crippen LogP contribution in [0, 0.1) is 0 Å². The van der Waals surface area contributed by atoms with Crippen molar-refractivity contribution in [1.29, 1.82) is 0 Å². The Kier molecular flexibility index (Phi) is 10.8. The van der Waals surface area contributed by atoms with Crippen molar-refractivity contribution in [3.63, 3.8) is 0 Å². The van der Waals surface area contributed by atoms with Gasteiger partial charge in [0.1, 0.15) is 12.4 Å². The highest BCUT2D eigenvalue weighted by Crippen LogP contribution is 2.36. The van der Waals surface area contributed by atoms with E-state index < -0.39 is 26.8 Å². The zero-order valence-electron chi connectivity index (χ0n) is 21.2. The van der Waals surface area contributed by atoms with Crippen molar-refractivity contribution < 1.29 is 37.0 Å². The lowest BCUT2D eigenvalue weighted by Crippen LogP contribution is -2.56. The molecule has 208 valence electrons. The summed E-state index contributed by atoms with van der Waals surface area (Å²) in [5.74, 6) is 0.0497. The molecular weight excluding hydrogens is 625 g/mol. The number of amides is 1. The fourth-order valence-electron chi connectivity index (χ4n) is 4.51. The SMILES string of the molecule is O=C(NOC1CCCCO1)C1(S(=O)(=O)c2ccc(-c3ccc(OCCOCCI)cc3)cc2)CCOCC1. The molecule has 2 heterocycles. The molecule has 4 rings (SSSR count). The summed E-state index contributed by atoms with van der Waals surface area (Å²) in [5.41, 5.74) is 4.16. The van der Waals surface area contributed by atoms with Gasteiger partial charge in [0.05, 0.1) is 18.1 Å². The Balaban J connectivity index is 1.44. The number of benzene rings is 2. The monoisotopic (exact) mass is 659 g/mol. The van der Waals surface area contributed by atoms with Gasteiger partial charge in [-0.05, 0) is 61.1 Å². The predicted molar refractivity (Wildman–Crippen MR) is 150 cm³/mol. The number of ether oxygens (including phenoxy) is 4. The van der Waals surface area contributed by atoms with Crippen molar-refractivity contribution in [2.75, 3.05) is 44.1 Å². The van der Waals surface area contributed by atoms with Crippen molar-refractivity contribution in [1.82, 2.24) is 5.48 Å². The Morgan fingerprint density at radius 1 is 0.947 bits per heavy atom. The highest BCUT2D eigenvalue weighted by molar-refractivity contribution is 14.1. The van der Waals surface area contributed by atoms with Gasteiger partial charge in [-0.15, -0.1) is 0 Å². The summed E-state index contributed by atoms with van der Waals surface area (Å²) in [4.78, 5) is 18.8. The van der Waals surface area contributed by atoms with Crippen LogP contribution >= 0.6 is 22.6 Å². The number of alkyl halides is 1. The van der Waals surface area contributed by atoms with Gasteiger partial charge in [0.15, 0.2) is 20.9 Å². The Bertz CT molecular complexity index is 1130. The molecule has 0 spiro atoms. The second kappa shape index (κ2) is 14.0. The minimum atomic E-state index is -4.04. The van der Waals surface area contributed by atoms with Gasteiger partial charge in [0.25, 0.3) is 5.91 Å². The molecular formula is C27H34INO8S. The maximum absolute atomic E-state index is 13.8. The van der Waals surface area contributed by atoms with Crippen LogP contribution in [0.25, 0.3) is 11.1 Å². The molecule has 0 radical (unpaired) electrons. The molecule has 0 saturated carbocycles. The van der Waals surface area contributed by atoms with Gasteiger partial charge in [0.2, 0.25) is 0 Å². The first-order valence-corrected chi connectivity index (χ1v) is 15.8. The molecule has 2 aliphatic heterocycles. The summed E-state index contributed by atoms with van der Waals surface area (Å²) in [5, 5.41) is 0. The van der Waals surface area contributed by atoms with Crippen LogP contribution in [0.1, 0.15) is 32.1 Å². The topological polar surface area (TPSA) is 109 Å². The molecule has 2 aromatic rings. The number of nitrogens with one attached hydrogen (secondary N) is 1. The van der Waals surface area contributed by atoms with Gasteiger partial charge >= 0.3 is 0 Å². The number of hydroxylamine groups is 1. The highest BCUT2D eigenvalue weighted by Gasteiger charge is 2.52. The largest absolute Gasteiger partial charge is 0.491 e. The predicted octanol–water partition coefficient (Wildman–Crippen LogP) is 4.08. The first-order chi connectivity index (χ1) is 18.5. The molecule has 1 atom stereocenters. The van der Waals surface area contributed by atoms with Crippen LogP contribution in [-0.2, 0) is 33.7 Å². The van der Waals surface area contributed by atoms with Crippen LogP contribution in [-0.4, -0.2) is 69.4 Å². The highest BCUT2D eigenvalue weighted by atomic mass is 127. The zero-order chi connectivity index (χ0) is 26.8. The standard InChI is InChI=1S/C27H34INO8S/c28-14-18-34-19-20-35-23-8-4-21(5-9-23)22-6-10-24(11-7-22)38(31,32)27(12-16-33-17-13-27)26(30)29-37-25-3-1-2-15-36-25/h4-11,25H,1-3,12-20H2,(H,29,30). The van der Waals surface area contributed by atoms with E-state index in [1.807, 2.05) is 24.3 Å². The van der Waals surface area contributed by atoms with Gasteiger partial charge in [-0.2, -0.15) is 0 Å². The minimum absolute atomic E-state index is 0.0440. The maximum atomic E-state index is 13.8. The number of carbonyl (C=O) groups excluding carboxylic acids is 1. The summed E-state index contributed by atoms with van der Waals surface area (Å²) in [7, 11) is -4.04. The van der Waals surface area contributed by atoms with E-state index in [9.17, 15) is 13.2 Å². The van der Waals surface area contributed by atoms with E-state index in [0.717, 1.165) is 34.1 Å². The third kappa shape index (κ3) is 7.05. The van der Waals surface area contributed by atoms with Crippen molar-refractivity contribution in [3.05, 3.63) is 48.5 Å². The smallest absolute Gasteiger partial charge is 0.265 e. The number of carbonyl (C=O) groups is 1. The van der Waals surface area contributed by atoms with Crippen LogP contribution in [0.15, 0.2) is 53.4 Å². The van der Waals surface area contributed by atoms with Crippen molar-refractivity contribution in [2.24, 2.45) is 0 Å². The molecule has 38 heavy (non-hydrogen) atoms. The molecule has 2 aromatic carbocycles. The summed E-state index contributed by atoms with van der Waals surface area (Å²) in [6.45, 7) is 2.60. The van der Waals surface area contributed by atoms with Crippen LogP contribution in [0.4, 0.5) is 0 Å². The lowest BCUT2D eigenvalue weighted by atomic mass is 9.98. The second-order valence-corrected chi connectivity index (χ2v) is 12.5. The summed E-state index contributed by atoms with van der Waals surface area (Å²) >= 11 is 2.26. The van der Waals surface area contributed by atoms with Gasteiger partial charge in [-0.1, -0.05) is 46.9 Å². The van der Waals surface area contributed by atoms with E-state index in [1.165, 1.54) is 0 Å². The summed E-state index contributed by atoms with van der Waals surface area (Å²) in [6, 6.07) is 14.2. The molecule has 0 aliphatic carbocycles. The molecule has 9 nitrogen and oxygen atoms in total. The average Bonchev–Trinajstić information content (AvgIpc) is 2.97. The van der Waals surface area contributed by atoms with E-state index in [2.05, 4.69) is 28.1 Å². The molecule has 1 N–H and O–H groups in total. The van der Waals surface area contributed by atoms with E-state index in [0.29, 0.717) is 32.8 Å². The Morgan fingerprint density at radius 2 is 1.63 bits per heavy atom. The first-order valence-electron chi connectivity index (χ1n) is 12.8. The van der Waals surface area contributed by atoms with E-state index in [1.54, 1.807) is 24.3 Å². The van der Waals surface area contributed by atoms with Crippen LogP contribution in [0.5, 0.6) is 5.75 Å². The Labute approximate surface area is 237 Å². The Morgan fingerprint density at radius 3 is 2.26 bits per heavy atom. The van der Waals surface area contributed by atoms with Crippen molar-refractivity contribution in [3.8, 4) is 16.9 Å². The third-order valence-electron chi connectivity index (χ3n) is 6.72. The third-order valence-corrected chi connectivity index (χ3v) is 9.68. The van der Waals surface area contributed by atoms with Gasteiger partial charge in [-0.3, -0.25) is 4.79 Å². The normalized spacial score (nSPS) is 19.6. The fraction of sp³-hybridized carbons (Fsp3) is 0.519. The van der Waals surface area contributed by atoms with Crippen LogP contribution < -0.4 is 10.2 Å². The lowest BCUT2D eigenvalue weighted by molar-refractivity contribution is -0.202. The van der Waals surface area contributed by atoms with Crippen LogP contribution in [0.3, 0.4) is 0 Å². The average molecular weight is 660 g/mol. The summed E-state index contributed by atoms with van der Waals surface area (Å²) in [6.07, 6.45) is 2.02. The number of rotatable bonds is 12. The van der Waals surface area contributed by atoms with Crippen molar-refractivity contribution in [2.45, 2.75) is 48.0 Å². The molecule has 11 heteroatoms. The second-order valence-electron chi connectivity index (χ2n) is 9.15. The van der Waals surface area contributed by atoms with Gasteiger partial charge < -0.3 is 18.9 Å². The first kappa shape index (κ1) is 29.2. The molecule has 2 aliphatic rings.